The second kappa shape index (κ2) is 4.74. The average Bonchev–Trinajstić information content (AvgIpc) is 2.17. The number of nitrogens with zero attached hydrogens (tertiary/aromatic N) is 1. The largest absolute Gasteiger partial charge is 0.326 e. The van der Waals surface area contributed by atoms with Crippen LogP contribution in [0.25, 0.3) is 0 Å². The van der Waals surface area contributed by atoms with Crippen LogP contribution >= 0.6 is 22.6 Å². The smallest absolute Gasteiger partial charge is 0.265 e. The number of hydrogen-bond donors (Lipinski definition) is 1. The van der Waals surface area contributed by atoms with E-state index in [1.807, 2.05) is 22.6 Å². The number of aromatic nitrogens is 1. The molecule has 1 aromatic heterocycles. The molecule has 0 saturated heterocycles. The molecule has 1 heterocycles. The third-order valence-electron chi connectivity index (χ3n) is 1.75. The van der Waals surface area contributed by atoms with E-state index < -0.39 is 6.43 Å². The Hall–Kier alpha value is -0.630. The Morgan fingerprint density at radius 1 is 1.64 bits per heavy atom. The predicted molar refractivity (Wildman–Crippen MR) is 55.2 cm³/mol. The number of rotatable bonds is 3. The van der Waals surface area contributed by atoms with Crippen LogP contribution in [0.4, 0.5) is 8.78 Å². The molecule has 0 saturated carbocycles. The summed E-state index contributed by atoms with van der Waals surface area (Å²) < 4.78 is 25.6. The summed E-state index contributed by atoms with van der Waals surface area (Å²) in [6.07, 6.45) is -1.20. The Balaban J connectivity index is 3.43. The van der Waals surface area contributed by atoms with Gasteiger partial charge >= 0.3 is 0 Å². The molecule has 3 nitrogen and oxygen atoms in total. The Kier molecular flexibility index (Phi) is 3.87. The number of pyridine rings is 1. The molecule has 2 N–H and O–H groups in total. The fraction of sp³-hybridized carbons (Fsp3) is 0.250. The first-order valence-electron chi connectivity index (χ1n) is 3.72. The van der Waals surface area contributed by atoms with E-state index in [1.165, 1.54) is 0 Å². The van der Waals surface area contributed by atoms with Crippen LogP contribution in [0.3, 0.4) is 0 Å². The molecule has 14 heavy (non-hydrogen) atoms. The van der Waals surface area contributed by atoms with Crippen LogP contribution in [-0.2, 0) is 6.54 Å². The number of aldehydes is 1. The van der Waals surface area contributed by atoms with Crippen molar-refractivity contribution in [2.75, 3.05) is 0 Å². The van der Waals surface area contributed by atoms with Gasteiger partial charge in [-0.2, -0.15) is 0 Å². The Morgan fingerprint density at radius 3 is 2.71 bits per heavy atom. The molecule has 0 aliphatic carbocycles. The van der Waals surface area contributed by atoms with Gasteiger partial charge in [-0.05, 0) is 22.6 Å². The summed E-state index contributed by atoms with van der Waals surface area (Å²) >= 11 is 1.81. The van der Waals surface area contributed by atoms with Crippen molar-refractivity contribution in [2.45, 2.75) is 13.0 Å². The summed E-state index contributed by atoms with van der Waals surface area (Å²) in [5.74, 6) is 0. The Morgan fingerprint density at radius 2 is 2.29 bits per heavy atom. The first kappa shape index (κ1) is 11.4. The first-order chi connectivity index (χ1) is 6.61. The first-order valence-corrected chi connectivity index (χ1v) is 4.80. The highest BCUT2D eigenvalue weighted by Crippen LogP contribution is 2.27. The van der Waals surface area contributed by atoms with E-state index in [4.69, 9.17) is 5.73 Å². The Labute approximate surface area is 92.8 Å². The number of carbonyl (C=O) groups excluding carboxylic acids is 1. The van der Waals surface area contributed by atoms with Crippen molar-refractivity contribution in [3.63, 3.8) is 0 Å². The van der Waals surface area contributed by atoms with Crippen molar-refractivity contribution in [1.82, 2.24) is 4.98 Å². The zero-order valence-electron chi connectivity index (χ0n) is 7.01. The van der Waals surface area contributed by atoms with E-state index >= 15 is 0 Å². The maximum absolute atomic E-state index is 12.6. The molecule has 0 fully saturated rings. The third kappa shape index (κ3) is 2.06. The topological polar surface area (TPSA) is 56.0 Å². The van der Waals surface area contributed by atoms with Crippen molar-refractivity contribution in [3.05, 3.63) is 26.6 Å². The highest BCUT2D eigenvalue weighted by Gasteiger charge is 2.19. The van der Waals surface area contributed by atoms with Crippen LogP contribution in [-0.4, -0.2) is 11.3 Å². The molecule has 0 radical (unpaired) electrons. The second-order valence-corrected chi connectivity index (χ2v) is 3.54. The lowest BCUT2D eigenvalue weighted by molar-refractivity contribution is 0.110. The van der Waals surface area contributed by atoms with Crippen LogP contribution < -0.4 is 5.73 Å². The van der Waals surface area contributed by atoms with E-state index in [0.29, 0.717) is 9.99 Å². The monoisotopic (exact) mass is 312 g/mol. The lowest BCUT2D eigenvalue weighted by Gasteiger charge is -2.10. The van der Waals surface area contributed by atoms with E-state index in [0.717, 1.165) is 6.20 Å². The number of hydrogen-bond acceptors (Lipinski definition) is 3. The second-order valence-electron chi connectivity index (χ2n) is 2.52. The summed E-state index contributed by atoms with van der Waals surface area (Å²) in [7, 11) is 0. The SMILES string of the molecule is NCc1c(I)ncc(C=O)c1C(F)F. The standard InChI is InChI=1S/C8H7F2IN2O/c9-7(10)6-4(3-14)2-13-8(11)5(6)1-12/h2-3,7H,1,12H2. The predicted octanol–water partition coefficient (Wildman–Crippen LogP) is 1.90. The molecule has 0 amide bonds. The molecule has 0 spiro atoms. The minimum atomic E-state index is -2.70. The van der Waals surface area contributed by atoms with Crippen LogP contribution in [0.15, 0.2) is 6.20 Å². The van der Waals surface area contributed by atoms with Gasteiger partial charge in [0.25, 0.3) is 6.43 Å². The van der Waals surface area contributed by atoms with Crippen molar-refractivity contribution >= 4 is 28.9 Å². The quantitative estimate of drug-likeness (QED) is 0.527. The molecule has 0 aliphatic rings. The van der Waals surface area contributed by atoms with Gasteiger partial charge in [0.05, 0.1) is 0 Å². The van der Waals surface area contributed by atoms with Crippen molar-refractivity contribution in [2.24, 2.45) is 5.73 Å². The number of halogens is 3. The maximum atomic E-state index is 12.6. The van der Waals surface area contributed by atoms with Crippen molar-refractivity contribution < 1.29 is 13.6 Å². The van der Waals surface area contributed by atoms with Crippen LogP contribution in [0.2, 0.25) is 0 Å². The minimum Gasteiger partial charge on any atom is -0.326 e. The average molecular weight is 312 g/mol. The Bertz CT molecular complexity index is 357. The normalized spacial score (nSPS) is 10.6. The van der Waals surface area contributed by atoms with Gasteiger partial charge < -0.3 is 5.73 Å². The van der Waals surface area contributed by atoms with E-state index in [9.17, 15) is 13.6 Å². The van der Waals surface area contributed by atoms with Gasteiger partial charge in [-0.1, -0.05) is 0 Å². The molecular weight excluding hydrogens is 305 g/mol. The molecule has 0 bridgehead atoms. The molecule has 0 aromatic carbocycles. The van der Waals surface area contributed by atoms with Gasteiger partial charge in [-0.15, -0.1) is 0 Å². The zero-order valence-corrected chi connectivity index (χ0v) is 9.16. The van der Waals surface area contributed by atoms with Gasteiger partial charge in [0, 0.05) is 29.4 Å². The van der Waals surface area contributed by atoms with Gasteiger partial charge in [0.1, 0.15) is 3.70 Å². The molecule has 0 atom stereocenters. The molecule has 0 aliphatic heterocycles. The van der Waals surface area contributed by atoms with Crippen LogP contribution in [0.5, 0.6) is 0 Å². The van der Waals surface area contributed by atoms with E-state index in [2.05, 4.69) is 4.98 Å². The van der Waals surface area contributed by atoms with Crippen LogP contribution in [0, 0.1) is 3.70 Å². The molecule has 0 unspecified atom stereocenters. The fourth-order valence-electron chi connectivity index (χ4n) is 1.10. The zero-order chi connectivity index (χ0) is 10.7. The highest BCUT2D eigenvalue weighted by molar-refractivity contribution is 14.1. The van der Waals surface area contributed by atoms with Crippen molar-refractivity contribution in [3.8, 4) is 0 Å². The highest BCUT2D eigenvalue weighted by atomic mass is 127. The van der Waals surface area contributed by atoms with E-state index in [-0.39, 0.29) is 23.2 Å². The van der Waals surface area contributed by atoms with Gasteiger partial charge in [0.15, 0.2) is 6.29 Å². The minimum absolute atomic E-state index is 0.0490. The van der Waals surface area contributed by atoms with Crippen molar-refractivity contribution in [1.29, 1.82) is 0 Å². The molecule has 1 rings (SSSR count). The molecule has 6 heteroatoms. The fourth-order valence-corrected chi connectivity index (χ4v) is 1.75. The summed E-state index contributed by atoms with van der Waals surface area (Å²) in [5.41, 5.74) is 5.16. The lowest BCUT2D eigenvalue weighted by Crippen LogP contribution is -2.09. The van der Waals surface area contributed by atoms with Gasteiger partial charge in [-0.25, -0.2) is 13.8 Å². The summed E-state index contributed by atoms with van der Waals surface area (Å²) in [6, 6.07) is 0. The molecule has 76 valence electrons. The number of carbonyl (C=O) groups is 1. The lowest BCUT2D eigenvalue weighted by atomic mass is 10.1. The number of alkyl halides is 2. The molecular formula is C8H7F2IN2O. The van der Waals surface area contributed by atoms with Crippen LogP contribution in [0.1, 0.15) is 27.9 Å². The van der Waals surface area contributed by atoms with Gasteiger partial charge in [-0.3, -0.25) is 4.79 Å². The van der Waals surface area contributed by atoms with Gasteiger partial charge in [0.2, 0.25) is 0 Å². The molecule has 1 aromatic rings. The summed E-state index contributed by atoms with van der Waals surface area (Å²) in [4.78, 5) is 14.3. The number of nitrogens with two attached hydrogens (primary N) is 1. The maximum Gasteiger partial charge on any atom is 0.265 e. The van der Waals surface area contributed by atoms with E-state index in [1.54, 1.807) is 0 Å². The summed E-state index contributed by atoms with van der Waals surface area (Å²) in [6.45, 7) is -0.0490. The summed E-state index contributed by atoms with van der Waals surface area (Å²) in [5, 5.41) is 0. The third-order valence-corrected chi connectivity index (χ3v) is 2.68.